The molecule has 0 saturated heterocycles. The normalized spacial score (nSPS) is 12.5. The largest absolute Gasteiger partial charge is 0.377 e. The molecule has 0 aromatic carbocycles. The smallest absolute Gasteiger partial charge is 0.176 e. The molecular weight excluding hydrogens is 601 g/mol. The van der Waals surface area contributed by atoms with Crippen molar-refractivity contribution in [2.45, 2.75) is 186 Å². The minimum absolute atomic E-state index is 0.265. The zero-order valence-corrected chi connectivity index (χ0v) is 30.8. The van der Waals surface area contributed by atoms with Gasteiger partial charge in [-0.2, -0.15) is 0 Å². The molecule has 0 fully saturated rings. The van der Waals surface area contributed by atoms with Gasteiger partial charge < -0.3 is 10.2 Å². The van der Waals surface area contributed by atoms with Crippen molar-refractivity contribution in [2.24, 2.45) is 0 Å². The number of hydrogen-bond acceptors (Lipinski definition) is 3. The van der Waals surface area contributed by atoms with E-state index in [1.807, 2.05) is 6.08 Å². The number of aliphatic hydroxyl groups is 2. The quantitative estimate of drug-likeness (QED) is 0.0334. The molecule has 0 aromatic rings. The molecule has 0 amide bonds. The van der Waals surface area contributed by atoms with E-state index in [0.717, 1.165) is 96.3 Å². The lowest BCUT2D eigenvalue weighted by Gasteiger charge is -2.02. The van der Waals surface area contributed by atoms with Crippen LogP contribution in [0, 0.1) is 48.4 Å². The topological polar surface area (TPSA) is 57.5 Å². The SMILES string of the molecule is C#C/C=C/CCCCCCCCCCCCC/C=C/C(=O)CCCC/C=C/CCCCC#CC(O)C#CCCCCCC/C=C/C(O)C#C. The van der Waals surface area contributed by atoms with E-state index in [0.29, 0.717) is 6.42 Å². The number of allylic oxidation sites excluding steroid dienone is 7. The lowest BCUT2D eigenvalue weighted by atomic mass is 10.0. The minimum Gasteiger partial charge on any atom is -0.377 e. The van der Waals surface area contributed by atoms with Gasteiger partial charge in [-0.1, -0.05) is 137 Å². The molecule has 270 valence electrons. The molecule has 0 spiro atoms. The highest BCUT2D eigenvalue weighted by Crippen LogP contribution is 2.13. The fourth-order valence-corrected chi connectivity index (χ4v) is 5.32. The highest BCUT2D eigenvalue weighted by atomic mass is 16.3. The summed E-state index contributed by atoms with van der Waals surface area (Å²) in [4.78, 5) is 12.1. The van der Waals surface area contributed by atoms with E-state index in [2.05, 4.69) is 59.8 Å². The van der Waals surface area contributed by atoms with Crippen LogP contribution < -0.4 is 0 Å². The van der Waals surface area contributed by atoms with Gasteiger partial charge in [0.05, 0.1) is 0 Å². The van der Waals surface area contributed by atoms with Crippen LogP contribution in [0.25, 0.3) is 0 Å². The Bertz CT molecular complexity index is 1100. The third-order valence-corrected chi connectivity index (χ3v) is 8.28. The summed E-state index contributed by atoms with van der Waals surface area (Å²) in [6.45, 7) is 0. The number of hydrogen-bond donors (Lipinski definition) is 2. The van der Waals surface area contributed by atoms with E-state index in [4.69, 9.17) is 12.8 Å². The maximum atomic E-state index is 12.1. The first-order valence-electron chi connectivity index (χ1n) is 19.5. The second-order valence-corrected chi connectivity index (χ2v) is 12.9. The average Bonchev–Trinajstić information content (AvgIpc) is 3.10. The number of ketones is 1. The van der Waals surface area contributed by atoms with Gasteiger partial charge in [-0.05, 0) is 102 Å². The van der Waals surface area contributed by atoms with Crippen LogP contribution in [0.1, 0.15) is 173 Å². The van der Waals surface area contributed by atoms with Crippen molar-refractivity contribution in [2.75, 3.05) is 0 Å². The maximum absolute atomic E-state index is 12.1. The van der Waals surface area contributed by atoms with Crippen LogP contribution in [0.3, 0.4) is 0 Å². The van der Waals surface area contributed by atoms with Crippen LogP contribution in [0.15, 0.2) is 48.6 Å². The summed E-state index contributed by atoms with van der Waals surface area (Å²) >= 11 is 0. The molecule has 2 unspecified atom stereocenters. The highest BCUT2D eigenvalue weighted by Gasteiger charge is 1.97. The molecule has 49 heavy (non-hydrogen) atoms. The van der Waals surface area contributed by atoms with Gasteiger partial charge in [-0.25, -0.2) is 0 Å². The molecule has 2 N–H and O–H groups in total. The third kappa shape index (κ3) is 39.1. The van der Waals surface area contributed by atoms with Crippen LogP contribution in [0.4, 0.5) is 0 Å². The summed E-state index contributed by atoms with van der Waals surface area (Å²) in [5, 5.41) is 19.1. The number of rotatable bonds is 31. The molecule has 3 nitrogen and oxygen atoms in total. The molecule has 2 atom stereocenters. The van der Waals surface area contributed by atoms with E-state index in [-0.39, 0.29) is 5.78 Å². The third-order valence-electron chi connectivity index (χ3n) is 8.28. The first-order valence-corrected chi connectivity index (χ1v) is 19.5. The number of carbonyl (C=O) groups is 1. The van der Waals surface area contributed by atoms with E-state index in [1.165, 1.54) is 70.6 Å². The summed E-state index contributed by atoms with van der Waals surface area (Å²) in [6, 6.07) is 0. The van der Waals surface area contributed by atoms with Crippen molar-refractivity contribution in [1.82, 2.24) is 0 Å². The van der Waals surface area contributed by atoms with Gasteiger partial charge >= 0.3 is 0 Å². The number of carbonyl (C=O) groups excluding carboxylic acids is 1. The minimum atomic E-state index is -0.857. The molecule has 0 radical (unpaired) electrons. The number of aliphatic hydroxyl groups excluding tert-OH is 2. The molecule has 3 heteroatoms. The Labute approximate surface area is 302 Å². The summed E-state index contributed by atoms with van der Waals surface area (Å²) in [5.74, 6) is 16.8. The van der Waals surface area contributed by atoms with E-state index >= 15 is 0 Å². The van der Waals surface area contributed by atoms with Crippen LogP contribution in [0.2, 0.25) is 0 Å². The number of terminal acetylenes is 2. The lowest BCUT2D eigenvalue weighted by Crippen LogP contribution is -1.97. The van der Waals surface area contributed by atoms with Gasteiger partial charge in [0.1, 0.15) is 6.10 Å². The first kappa shape index (κ1) is 45.8. The van der Waals surface area contributed by atoms with Gasteiger partial charge in [0.25, 0.3) is 0 Å². The van der Waals surface area contributed by atoms with Crippen molar-refractivity contribution in [3.8, 4) is 48.4 Å². The van der Waals surface area contributed by atoms with Crippen molar-refractivity contribution >= 4 is 5.78 Å². The van der Waals surface area contributed by atoms with Gasteiger partial charge in [0, 0.05) is 19.3 Å². The fraction of sp³-hybridized carbons (Fsp3) is 0.630. The van der Waals surface area contributed by atoms with Crippen LogP contribution in [0.5, 0.6) is 0 Å². The Kier molecular flexibility index (Phi) is 36.7. The molecule has 0 bridgehead atoms. The summed E-state index contributed by atoms with van der Waals surface area (Å²) in [6.07, 6.45) is 54.8. The van der Waals surface area contributed by atoms with Crippen LogP contribution >= 0.6 is 0 Å². The predicted octanol–water partition coefficient (Wildman–Crippen LogP) is 11.3. The molecule has 0 aromatic heterocycles. The van der Waals surface area contributed by atoms with Gasteiger partial charge in [0.2, 0.25) is 0 Å². The average molecular weight is 669 g/mol. The van der Waals surface area contributed by atoms with Crippen molar-refractivity contribution < 1.29 is 15.0 Å². The van der Waals surface area contributed by atoms with Crippen LogP contribution in [-0.4, -0.2) is 28.2 Å². The summed E-state index contributed by atoms with van der Waals surface area (Å²) in [5.41, 5.74) is 0. The Hall–Kier alpha value is -3.21. The predicted molar refractivity (Wildman–Crippen MR) is 211 cm³/mol. The summed E-state index contributed by atoms with van der Waals surface area (Å²) < 4.78 is 0. The zero-order chi connectivity index (χ0) is 35.7. The molecule has 0 rings (SSSR count). The molecule has 0 heterocycles. The van der Waals surface area contributed by atoms with E-state index in [1.54, 1.807) is 18.2 Å². The second-order valence-electron chi connectivity index (χ2n) is 12.9. The van der Waals surface area contributed by atoms with Gasteiger partial charge in [-0.3, -0.25) is 4.79 Å². The Morgan fingerprint density at radius 1 is 0.531 bits per heavy atom. The van der Waals surface area contributed by atoms with Crippen molar-refractivity contribution in [1.29, 1.82) is 0 Å². The molecule has 0 aliphatic rings. The van der Waals surface area contributed by atoms with Crippen molar-refractivity contribution in [3.05, 3.63) is 48.6 Å². The summed E-state index contributed by atoms with van der Waals surface area (Å²) in [7, 11) is 0. The first-order chi connectivity index (χ1) is 24.1. The fourth-order valence-electron chi connectivity index (χ4n) is 5.32. The zero-order valence-electron chi connectivity index (χ0n) is 30.8. The monoisotopic (exact) mass is 669 g/mol. The molecule has 0 aliphatic heterocycles. The molecule has 0 aliphatic carbocycles. The number of unbranched alkanes of at least 4 members (excludes halogenated alkanes) is 22. The van der Waals surface area contributed by atoms with Crippen molar-refractivity contribution in [3.63, 3.8) is 0 Å². The van der Waals surface area contributed by atoms with Gasteiger partial charge in [-0.15, -0.1) is 12.8 Å². The van der Waals surface area contributed by atoms with E-state index in [9.17, 15) is 15.0 Å². The highest BCUT2D eigenvalue weighted by molar-refractivity contribution is 5.89. The second kappa shape index (κ2) is 39.2. The Morgan fingerprint density at radius 2 is 0.959 bits per heavy atom. The lowest BCUT2D eigenvalue weighted by molar-refractivity contribution is -0.114. The van der Waals surface area contributed by atoms with Crippen LogP contribution in [-0.2, 0) is 4.79 Å². The maximum Gasteiger partial charge on any atom is 0.176 e. The molecular formula is C46H68O3. The Balaban J connectivity index is 3.51. The van der Waals surface area contributed by atoms with E-state index < -0.39 is 12.2 Å². The van der Waals surface area contributed by atoms with Gasteiger partial charge in [0.15, 0.2) is 11.9 Å². The Morgan fingerprint density at radius 3 is 1.51 bits per heavy atom. The molecule has 0 saturated carbocycles. The standard InChI is InChI=1S/C46H68O3/c1-3-5-6-7-8-9-10-11-12-13-14-15-16-19-25-30-35-40-45(48)41-36-31-26-20-17-18-21-27-32-37-42-46(49)43-38-33-28-23-22-24-29-34-39-44(47)4-2/h1-2,5-6,17,20,34-35,39-40,44,46-47,49H,7-16,18-19,21-33,36,41H2/b6-5+,20-17+,39-34+,40-35+.